The molecule has 1 aliphatic rings. The molecule has 5 rings (SSSR count). The van der Waals surface area contributed by atoms with Gasteiger partial charge in [-0.2, -0.15) is 0 Å². The van der Waals surface area contributed by atoms with Crippen molar-refractivity contribution in [2.24, 2.45) is 0 Å². The average molecular weight is 454 g/mol. The van der Waals surface area contributed by atoms with Gasteiger partial charge in [-0.1, -0.05) is 29.8 Å². The van der Waals surface area contributed by atoms with Crippen molar-refractivity contribution in [2.75, 3.05) is 12.1 Å². The molecule has 1 aliphatic heterocycles. The summed E-state index contributed by atoms with van der Waals surface area (Å²) < 4.78 is 10.8. The van der Waals surface area contributed by atoms with Crippen molar-refractivity contribution in [1.29, 1.82) is 0 Å². The van der Waals surface area contributed by atoms with Crippen molar-refractivity contribution in [3.63, 3.8) is 0 Å². The molecular formula is C22H16ClN3O4S. The van der Waals surface area contributed by atoms with Crippen molar-refractivity contribution in [3.8, 4) is 22.9 Å². The van der Waals surface area contributed by atoms with Gasteiger partial charge in [-0.05, 0) is 36.8 Å². The summed E-state index contributed by atoms with van der Waals surface area (Å²) in [5.41, 5.74) is 1.94. The summed E-state index contributed by atoms with van der Waals surface area (Å²) in [5, 5.41) is 13.9. The van der Waals surface area contributed by atoms with Gasteiger partial charge in [0.25, 0.3) is 0 Å². The summed E-state index contributed by atoms with van der Waals surface area (Å²) >= 11 is 8.04. The first kappa shape index (κ1) is 19.6. The predicted octanol–water partition coefficient (Wildman–Crippen LogP) is 5.36. The Morgan fingerprint density at radius 1 is 1.16 bits per heavy atom. The third kappa shape index (κ3) is 3.64. The molecule has 31 heavy (non-hydrogen) atoms. The maximum atomic E-state index is 11.1. The molecule has 0 aliphatic carbocycles. The smallest absolute Gasteiger partial charge is 0.335 e. The number of hydrogen-bond acceptors (Lipinski definition) is 7. The SMILES string of the molecule is Cc1sc2nc(-c3ccc(C(=O)O)cc3)nc(NCc3ccc4c(c3)OCO4)c2c1Cl. The third-order valence-electron chi connectivity index (χ3n) is 4.94. The number of anilines is 1. The Labute approximate surface area is 186 Å². The van der Waals surface area contributed by atoms with Gasteiger partial charge in [-0.25, -0.2) is 14.8 Å². The van der Waals surface area contributed by atoms with Crippen molar-refractivity contribution < 1.29 is 19.4 Å². The predicted molar refractivity (Wildman–Crippen MR) is 119 cm³/mol. The largest absolute Gasteiger partial charge is 0.478 e. The minimum atomic E-state index is -0.977. The molecule has 2 aromatic carbocycles. The van der Waals surface area contributed by atoms with E-state index in [4.69, 9.17) is 31.2 Å². The van der Waals surface area contributed by atoms with Crippen LogP contribution in [-0.2, 0) is 6.54 Å². The van der Waals surface area contributed by atoms with Gasteiger partial charge in [-0.15, -0.1) is 11.3 Å². The number of fused-ring (bicyclic) bond motifs is 2. The quantitative estimate of drug-likeness (QED) is 0.420. The Morgan fingerprint density at radius 3 is 2.71 bits per heavy atom. The highest BCUT2D eigenvalue weighted by molar-refractivity contribution is 7.19. The van der Waals surface area contributed by atoms with Crippen LogP contribution in [0.25, 0.3) is 21.6 Å². The van der Waals surface area contributed by atoms with Gasteiger partial charge in [0.05, 0.1) is 16.0 Å². The molecular weight excluding hydrogens is 438 g/mol. The van der Waals surface area contributed by atoms with Crippen LogP contribution in [0.3, 0.4) is 0 Å². The molecule has 7 nitrogen and oxygen atoms in total. The number of aryl methyl sites for hydroxylation is 1. The van der Waals surface area contributed by atoms with E-state index in [0.717, 1.165) is 37.7 Å². The highest BCUT2D eigenvalue weighted by Gasteiger charge is 2.18. The first-order valence-corrected chi connectivity index (χ1v) is 10.6. The number of ether oxygens (including phenoxy) is 2. The van der Waals surface area contributed by atoms with Gasteiger partial charge >= 0.3 is 5.97 Å². The maximum absolute atomic E-state index is 11.1. The van der Waals surface area contributed by atoms with Gasteiger partial charge in [0, 0.05) is 17.0 Å². The lowest BCUT2D eigenvalue weighted by molar-refractivity contribution is 0.0697. The fourth-order valence-corrected chi connectivity index (χ4v) is 4.60. The zero-order chi connectivity index (χ0) is 21.5. The molecule has 156 valence electrons. The molecule has 2 aromatic heterocycles. The number of carboxylic acids is 1. The van der Waals surface area contributed by atoms with Gasteiger partial charge in [0.15, 0.2) is 17.3 Å². The Kier molecular flexibility index (Phi) is 4.88. The normalized spacial score (nSPS) is 12.3. The zero-order valence-corrected chi connectivity index (χ0v) is 17.9. The summed E-state index contributed by atoms with van der Waals surface area (Å²) in [6, 6.07) is 12.3. The van der Waals surface area contributed by atoms with Crippen LogP contribution in [0, 0.1) is 6.92 Å². The number of nitrogens with zero attached hydrogens (tertiary/aromatic N) is 2. The number of rotatable bonds is 5. The summed E-state index contributed by atoms with van der Waals surface area (Å²) in [4.78, 5) is 22.2. The van der Waals surface area contributed by atoms with E-state index in [2.05, 4.69) is 10.3 Å². The number of nitrogens with one attached hydrogen (secondary N) is 1. The van der Waals surface area contributed by atoms with Gasteiger partial charge in [0.1, 0.15) is 10.6 Å². The van der Waals surface area contributed by atoms with Crippen LogP contribution < -0.4 is 14.8 Å². The van der Waals surface area contributed by atoms with Crippen LogP contribution in [0.4, 0.5) is 5.82 Å². The van der Waals surface area contributed by atoms with E-state index < -0.39 is 5.97 Å². The molecule has 2 N–H and O–H groups in total. The molecule has 3 heterocycles. The number of halogens is 1. The van der Waals surface area contributed by atoms with E-state index in [-0.39, 0.29) is 12.4 Å². The average Bonchev–Trinajstić information content (AvgIpc) is 3.35. The van der Waals surface area contributed by atoms with Crippen LogP contribution in [0.5, 0.6) is 11.5 Å². The van der Waals surface area contributed by atoms with Crippen LogP contribution in [0.15, 0.2) is 42.5 Å². The zero-order valence-electron chi connectivity index (χ0n) is 16.3. The minimum absolute atomic E-state index is 0.209. The molecule has 0 atom stereocenters. The van der Waals surface area contributed by atoms with Crippen molar-refractivity contribution >= 4 is 44.9 Å². The second-order valence-electron chi connectivity index (χ2n) is 6.97. The van der Waals surface area contributed by atoms with E-state index in [1.807, 2.05) is 25.1 Å². The molecule has 0 saturated heterocycles. The van der Waals surface area contributed by atoms with Gasteiger partial charge < -0.3 is 19.9 Å². The van der Waals surface area contributed by atoms with E-state index >= 15 is 0 Å². The lowest BCUT2D eigenvalue weighted by Crippen LogP contribution is -2.04. The standard InChI is InChI=1S/C22H16ClN3O4S/c1-11-18(23)17-20(24-9-12-2-7-15-16(8-12)30-10-29-15)25-19(26-21(17)31-11)13-3-5-14(6-4-13)22(27)28/h2-8H,9-10H2,1H3,(H,27,28)(H,24,25,26). The lowest BCUT2D eigenvalue weighted by Gasteiger charge is -2.10. The molecule has 9 heteroatoms. The number of hydrogen-bond donors (Lipinski definition) is 2. The Hall–Kier alpha value is -3.36. The molecule has 0 unspecified atom stereocenters. The number of benzene rings is 2. The Bertz CT molecular complexity index is 1320. The van der Waals surface area contributed by atoms with Gasteiger partial charge in [-0.3, -0.25) is 0 Å². The van der Waals surface area contributed by atoms with Crippen molar-refractivity contribution in [2.45, 2.75) is 13.5 Å². The van der Waals surface area contributed by atoms with E-state index in [0.29, 0.717) is 23.2 Å². The van der Waals surface area contributed by atoms with E-state index in [1.54, 1.807) is 12.1 Å². The minimum Gasteiger partial charge on any atom is -0.478 e. The van der Waals surface area contributed by atoms with Crippen molar-refractivity contribution in [3.05, 3.63) is 63.5 Å². The third-order valence-corrected chi connectivity index (χ3v) is 6.52. The van der Waals surface area contributed by atoms with Crippen LogP contribution in [0.2, 0.25) is 5.02 Å². The maximum Gasteiger partial charge on any atom is 0.335 e. The Morgan fingerprint density at radius 2 is 1.94 bits per heavy atom. The second kappa shape index (κ2) is 7.72. The molecule has 0 amide bonds. The second-order valence-corrected chi connectivity index (χ2v) is 8.55. The van der Waals surface area contributed by atoms with E-state index in [1.165, 1.54) is 23.5 Å². The molecule has 0 bridgehead atoms. The summed E-state index contributed by atoms with van der Waals surface area (Å²) in [6.45, 7) is 2.68. The Balaban J connectivity index is 1.52. The molecule has 4 aromatic rings. The summed E-state index contributed by atoms with van der Waals surface area (Å²) in [6.07, 6.45) is 0. The molecule has 0 spiro atoms. The number of carboxylic acid groups (broad SMARTS) is 1. The summed E-state index contributed by atoms with van der Waals surface area (Å²) in [7, 11) is 0. The summed E-state index contributed by atoms with van der Waals surface area (Å²) in [5.74, 6) is 1.59. The fourth-order valence-electron chi connectivity index (χ4n) is 3.33. The monoisotopic (exact) mass is 453 g/mol. The highest BCUT2D eigenvalue weighted by atomic mass is 35.5. The van der Waals surface area contributed by atoms with Gasteiger partial charge in [0.2, 0.25) is 6.79 Å². The fraction of sp³-hybridized carbons (Fsp3) is 0.136. The lowest BCUT2D eigenvalue weighted by atomic mass is 10.1. The number of carbonyl (C=O) groups is 1. The molecule has 0 radical (unpaired) electrons. The number of aromatic nitrogens is 2. The van der Waals surface area contributed by atoms with Crippen LogP contribution >= 0.6 is 22.9 Å². The first-order valence-electron chi connectivity index (χ1n) is 9.42. The number of thiophene rings is 1. The number of aromatic carboxylic acids is 1. The molecule has 0 fully saturated rings. The van der Waals surface area contributed by atoms with E-state index in [9.17, 15) is 4.79 Å². The van der Waals surface area contributed by atoms with Crippen LogP contribution in [-0.4, -0.2) is 27.8 Å². The molecule has 0 saturated carbocycles. The first-order chi connectivity index (χ1) is 15.0. The van der Waals surface area contributed by atoms with Crippen LogP contribution in [0.1, 0.15) is 20.8 Å². The van der Waals surface area contributed by atoms with Crippen molar-refractivity contribution in [1.82, 2.24) is 9.97 Å². The highest BCUT2D eigenvalue weighted by Crippen LogP contribution is 2.39. The topological polar surface area (TPSA) is 93.6 Å².